The first-order chi connectivity index (χ1) is 10.0. The first kappa shape index (κ1) is 14.4. The summed E-state index contributed by atoms with van der Waals surface area (Å²) in [4.78, 5) is 4.33. The standard InChI is InChI=1S/C16H15Cl2N3/c1-3-16(2,12-6-5-11(17)9-13(12)18)14-10-15-19-7-4-8-21(15)20-14/h4-10H,3H2,1-2H3. The Bertz CT molecular complexity index is 764. The maximum absolute atomic E-state index is 6.41. The SMILES string of the molecule is CCC(C)(c1cc2ncccn2n1)c1ccc(Cl)cc1Cl. The van der Waals surface area contributed by atoms with E-state index in [-0.39, 0.29) is 5.41 Å². The van der Waals surface area contributed by atoms with Gasteiger partial charge in [0, 0.05) is 33.9 Å². The lowest BCUT2D eigenvalue weighted by Gasteiger charge is -2.28. The first-order valence-electron chi connectivity index (χ1n) is 6.81. The third-order valence-corrected chi connectivity index (χ3v) is 4.58. The van der Waals surface area contributed by atoms with Crippen LogP contribution in [0.15, 0.2) is 42.7 Å². The zero-order chi connectivity index (χ0) is 15.0. The fraction of sp³-hybridized carbons (Fsp3) is 0.250. The summed E-state index contributed by atoms with van der Waals surface area (Å²) in [7, 11) is 0. The fourth-order valence-corrected chi connectivity index (χ4v) is 3.16. The van der Waals surface area contributed by atoms with Gasteiger partial charge in [-0.15, -0.1) is 0 Å². The predicted molar refractivity (Wildman–Crippen MR) is 86.2 cm³/mol. The van der Waals surface area contributed by atoms with Gasteiger partial charge in [0.15, 0.2) is 5.65 Å². The van der Waals surface area contributed by atoms with E-state index in [0.29, 0.717) is 10.0 Å². The minimum absolute atomic E-state index is 0.282. The van der Waals surface area contributed by atoms with Gasteiger partial charge in [0.2, 0.25) is 0 Å². The Morgan fingerprint density at radius 2 is 2.05 bits per heavy atom. The van der Waals surface area contributed by atoms with Gasteiger partial charge >= 0.3 is 0 Å². The van der Waals surface area contributed by atoms with Crippen molar-refractivity contribution in [1.29, 1.82) is 0 Å². The number of halogens is 2. The maximum atomic E-state index is 6.41. The summed E-state index contributed by atoms with van der Waals surface area (Å²) in [5, 5.41) is 5.96. The minimum atomic E-state index is -0.282. The van der Waals surface area contributed by atoms with Crippen LogP contribution in [-0.2, 0) is 5.41 Å². The summed E-state index contributed by atoms with van der Waals surface area (Å²) in [5.74, 6) is 0. The smallest absolute Gasteiger partial charge is 0.155 e. The molecule has 0 aliphatic rings. The Labute approximate surface area is 133 Å². The van der Waals surface area contributed by atoms with Crippen molar-refractivity contribution in [3.05, 3.63) is 64.0 Å². The normalized spacial score (nSPS) is 14.3. The van der Waals surface area contributed by atoms with Crippen LogP contribution in [0.1, 0.15) is 31.5 Å². The summed E-state index contributed by atoms with van der Waals surface area (Å²) in [6, 6.07) is 9.49. The molecule has 0 radical (unpaired) electrons. The van der Waals surface area contributed by atoms with Crippen molar-refractivity contribution in [2.24, 2.45) is 0 Å². The number of aromatic nitrogens is 3. The molecule has 1 aromatic carbocycles. The highest BCUT2D eigenvalue weighted by Crippen LogP contribution is 2.39. The average Bonchev–Trinajstić information content (AvgIpc) is 2.91. The Hall–Kier alpha value is -1.58. The lowest BCUT2D eigenvalue weighted by Crippen LogP contribution is -2.23. The van der Waals surface area contributed by atoms with E-state index in [9.17, 15) is 0 Å². The van der Waals surface area contributed by atoms with Gasteiger partial charge in [0.1, 0.15) is 0 Å². The van der Waals surface area contributed by atoms with Gasteiger partial charge in [-0.05, 0) is 37.1 Å². The molecular formula is C16H15Cl2N3. The summed E-state index contributed by atoms with van der Waals surface area (Å²) in [6.45, 7) is 4.27. The molecule has 5 heteroatoms. The number of rotatable bonds is 3. The van der Waals surface area contributed by atoms with Gasteiger partial charge in [-0.25, -0.2) is 9.50 Å². The monoisotopic (exact) mass is 319 g/mol. The van der Waals surface area contributed by atoms with E-state index in [1.807, 2.05) is 30.5 Å². The molecule has 3 nitrogen and oxygen atoms in total. The first-order valence-corrected chi connectivity index (χ1v) is 7.56. The Morgan fingerprint density at radius 3 is 2.71 bits per heavy atom. The van der Waals surface area contributed by atoms with Gasteiger partial charge in [-0.2, -0.15) is 5.10 Å². The summed E-state index contributed by atoms with van der Waals surface area (Å²) in [5.41, 5.74) is 2.53. The predicted octanol–water partition coefficient (Wildman–Crippen LogP) is 4.75. The molecule has 0 aliphatic heterocycles. The molecule has 21 heavy (non-hydrogen) atoms. The molecule has 0 N–H and O–H groups in total. The molecule has 0 fully saturated rings. The number of hydrogen-bond acceptors (Lipinski definition) is 2. The largest absolute Gasteiger partial charge is 0.237 e. The van der Waals surface area contributed by atoms with Crippen molar-refractivity contribution < 1.29 is 0 Å². The van der Waals surface area contributed by atoms with Crippen LogP contribution in [0.4, 0.5) is 0 Å². The highest BCUT2D eigenvalue weighted by Gasteiger charge is 2.32. The van der Waals surface area contributed by atoms with Crippen LogP contribution in [0.5, 0.6) is 0 Å². The summed E-state index contributed by atoms with van der Waals surface area (Å²) in [6.07, 6.45) is 4.53. The Kier molecular flexibility index (Phi) is 3.64. The van der Waals surface area contributed by atoms with Gasteiger partial charge in [-0.1, -0.05) is 36.2 Å². The second-order valence-electron chi connectivity index (χ2n) is 5.26. The Morgan fingerprint density at radius 1 is 1.24 bits per heavy atom. The lowest BCUT2D eigenvalue weighted by atomic mass is 9.77. The van der Waals surface area contributed by atoms with Crippen LogP contribution in [0.25, 0.3) is 5.65 Å². The highest BCUT2D eigenvalue weighted by molar-refractivity contribution is 6.35. The summed E-state index contributed by atoms with van der Waals surface area (Å²) >= 11 is 12.4. The zero-order valence-electron chi connectivity index (χ0n) is 11.8. The number of nitrogens with zero attached hydrogens (tertiary/aromatic N) is 3. The third kappa shape index (κ3) is 2.41. The zero-order valence-corrected chi connectivity index (χ0v) is 13.4. The van der Waals surface area contributed by atoms with Gasteiger partial charge in [-0.3, -0.25) is 0 Å². The molecule has 0 saturated carbocycles. The van der Waals surface area contributed by atoms with Crippen LogP contribution < -0.4 is 0 Å². The van der Waals surface area contributed by atoms with Crippen molar-refractivity contribution in [2.45, 2.75) is 25.7 Å². The van der Waals surface area contributed by atoms with E-state index in [1.165, 1.54) is 0 Å². The van der Waals surface area contributed by atoms with Crippen LogP contribution in [0.3, 0.4) is 0 Å². The van der Waals surface area contributed by atoms with Crippen LogP contribution in [-0.4, -0.2) is 14.6 Å². The molecule has 0 spiro atoms. The van der Waals surface area contributed by atoms with Crippen molar-refractivity contribution >= 4 is 28.8 Å². The van der Waals surface area contributed by atoms with E-state index in [0.717, 1.165) is 23.3 Å². The molecule has 3 aromatic rings. The minimum Gasteiger partial charge on any atom is -0.237 e. The van der Waals surface area contributed by atoms with Gasteiger partial charge < -0.3 is 0 Å². The molecule has 3 rings (SSSR count). The van der Waals surface area contributed by atoms with Gasteiger partial charge in [0.05, 0.1) is 5.69 Å². The van der Waals surface area contributed by atoms with E-state index in [1.54, 1.807) is 16.8 Å². The topological polar surface area (TPSA) is 30.2 Å². The van der Waals surface area contributed by atoms with E-state index >= 15 is 0 Å². The molecule has 1 unspecified atom stereocenters. The second-order valence-corrected chi connectivity index (χ2v) is 6.11. The second kappa shape index (κ2) is 5.32. The third-order valence-electron chi connectivity index (χ3n) is 4.03. The van der Waals surface area contributed by atoms with Gasteiger partial charge in [0.25, 0.3) is 0 Å². The maximum Gasteiger partial charge on any atom is 0.155 e. The molecular weight excluding hydrogens is 305 g/mol. The molecule has 2 heterocycles. The average molecular weight is 320 g/mol. The van der Waals surface area contributed by atoms with Crippen LogP contribution in [0, 0.1) is 0 Å². The molecule has 0 amide bonds. The van der Waals surface area contributed by atoms with Crippen molar-refractivity contribution in [3.8, 4) is 0 Å². The molecule has 108 valence electrons. The molecule has 0 bridgehead atoms. The van der Waals surface area contributed by atoms with Crippen molar-refractivity contribution in [1.82, 2.24) is 14.6 Å². The fourth-order valence-electron chi connectivity index (χ4n) is 2.55. The molecule has 0 saturated heterocycles. The Balaban J connectivity index is 2.18. The molecule has 2 aromatic heterocycles. The number of benzene rings is 1. The molecule has 1 atom stereocenters. The number of hydrogen-bond donors (Lipinski definition) is 0. The van der Waals surface area contributed by atoms with E-state index < -0.39 is 0 Å². The summed E-state index contributed by atoms with van der Waals surface area (Å²) < 4.78 is 1.78. The van der Waals surface area contributed by atoms with Crippen molar-refractivity contribution in [2.75, 3.05) is 0 Å². The number of fused-ring (bicyclic) bond motifs is 1. The van der Waals surface area contributed by atoms with Crippen LogP contribution >= 0.6 is 23.2 Å². The highest BCUT2D eigenvalue weighted by atomic mass is 35.5. The van der Waals surface area contributed by atoms with Crippen molar-refractivity contribution in [3.63, 3.8) is 0 Å². The molecule has 0 aliphatic carbocycles. The quantitative estimate of drug-likeness (QED) is 0.697. The van der Waals surface area contributed by atoms with E-state index in [4.69, 9.17) is 23.2 Å². The van der Waals surface area contributed by atoms with E-state index in [2.05, 4.69) is 23.9 Å². The lowest BCUT2D eigenvalue weighted by molar-refractivity contribution is 0.528. The van der Waals surface area contributed by atoms with Crippen LogP contribution in [0.2, 0.25) is 10.0 Å².